The lowest BCUT2D eigenvalue weighted by molar-refractivity contribution is -0.112. The van der Waals surface area contributed by atoms with E-state index in [1.807, 2.05) is 50.2 Å². The van der Waals surface area contributed by atoms with Crippen molar-refractivity contribution >= 4 is 38.7 Å². The molecule has 3 rings (SSSR count). The quantitative estimate of drug-likeness (QED) is 0.528. The van der Waals surface area contributed by atoms with Crippen LogP contribution in [0.25, 0.3) is 16.3 Å². The predicted molar refractivity (Wildman–Crippen MR) is 106 cm³/mol. The second-order valence-corrected chi connectivity index (χ2v) is 7.12. The molecular formula is C20H20N4OS. The van der Waals surface area contributed by atoms with Crippen LogP contribution in [0, 0.1) is 25.2 Å². The molecule has 2 heterocycles. The predicted octanol–water partition coefficient (Wildman–Crippen LogP) is 4.67. The zero-order valence-corrected chi connectivity index (χ0v) is 15.9. The largest absolute Gasteiger partial charge is 0.349 e. The van der Waals surface area contributed by atoms with Crippen LogP contribution in [0.4, 0.5) is 5.13 Å². The van der Waals surface area contributed by atoms with E-state index in [9.17, 15) is 10.1 Å². The lowest BCUT2D eigenvalue weighted by Gasteiger charge is -2.07. The summed E-state index contributed by atoms with van der Waals surface area (Å²) < 4.78 is 3.19. The minimum absolute atomic E-state index is 0.0704. The highest BCUT2D eigenvalue weighted by Gasteiger charge is 2.14. The van der Waals surface area contributed by atoms with E-state index < -0.39 is 5.91 Å². The number of para-hydroxylation sites is 1. The molecule has 3 aromatic rings. The molecule has 0 saturated carbocycles. The van der Waals surface area contributed by atoms with Crippen LogP contribution in [0.15, 0.2) is 35.9 Å². The van der Waals surface area contributed by atoms with Crippen molar-refractivity contribution in [1.82, 2.24) is 9.55 Å². The summed E-state index contributed by atoms with van der Waals surface area (Å²) in [5.74, 6) is -0.438. The number of anilines is 1. The fourth-order valence-electron chi connectivity index (χ4n) is 2.94. The Labute approximate surface area is 156 Å². The Bertz CT molecular complexity index is 1000. The minimum Gasteiger partial charge on any atom is -0.349 e. The molecule has 2 aromatic heterocycles. The van der Waals surface area contributed by atoms with E-state index in [4.69, 9.17) is 0 Å². The van der Waals surface area contributed by atoms with Crippen LogP contribution in [0.2, 0.25) is 0 Å². The maximum absolute atomic E-state index is 12.5. The summed E-state index contributed by atoms with van der Waals surface area (Å²) in [5, 5.41) is 12.7. The molecule has 0 saturated heterocycles. The van der Waals surface area contributed by atoms with Gasteiger partial charge in [0, 0.05) is 17.9 Å². The minimum atomic E-state index is -0.438. The van der Waals surface area contributed by atoms with Crippen molar-refractivity contribution in [3.05, 3.63) is 52.9 Å². The Kier molecular flexibility index (Phi) is 5.19. The van der Waals surface area contributed by atoms with Crippen LogP contribution >= 0.6 is 11.3 Å². The van der Waals surface area contributed by atoms with Gasteiger partial charge in [-0.05, 0) is 50.1 Å². The number of hydrogen-bond donors (Lipinski definition) is 1. The Hall–Kier alpha value is -2.91. The molecule has 1 N–H and O–H groups in total. The van der Waals surface area contributed by atoms with Gasteiger partial charge in [-0.1, -0.05) is 30.4 Å². The number of carbonyl (C=O) groups is 1. The number of aryl methyl sites for hydroxylation is 1. The highest BCUT2D eigenvalue weighted by Crippen LogP contribution is 2.26. The van der Waals surface area contributed by atoms with E-state index in [0.29, 0.717) is 5.13 Å². The van der Waals surface area contributed by atoms with Gasteiger partial charge in [0.25, 0.3) is 5.91 Å². The highest BCUT2D eigenvalue weighted by atomic mass is 32.1. The van der Waals surface area contributed by atoms with Gasteiger partial charge in [0.15, 0.2) is 5.13 Å². The van der Waals surface area contributed by atoms with E-state index in [-0.39, 0.29) is 5.57 Å². The smallest absolute Gasteiger partial charge is 0.268 e. The maximum Gasteiger partial charge on any atom is 0.268 e. The lowest BCUT2D eigenvalue weighted by Crippen LogP contribution is -2.13. The SMILES string of the molecule is CCCn1c(C)cc(/C=C(\C#N)C(=O)Nc2nc3ccccc3s2)c1C. The van der Waals surface area contributed by atoms with Crippen molar-refractivity contribution in [2.45, 2.75) is 33.7 Å². The summed E-state index contributed by atoms with van der Waals surface area (Å²) in [6.45, 7) is 7.09. The number of nitrogens with one attached hydrogen (secondary N) is 1. The van der Waals surface area contributed by atoms with Gasteiger partial charge in [-0.3, -0.25) is 10.1 Å². The van der Waals surface area contributed by atoms with E-state index in [2.05, 4.69) is 21.8 Å². The van der Waals surface area contributed by atoms with Gasteiger partial charge in [0.2, 0.25) is 0 Å². The maximum atomic E-state index is 12.5. The third-order valence-electron chi connectivity index (χ3n) is 4.24. The highest BCUT2D eigenvalue weighted by molar-refractivity contribution is 7.22. The van der Waals surface area contributed by atoms with Crippen molar-refractivity contribution in [1.29, 1.82) is 5.26 Å². The molecular weight excluding hydrogens is 344 g/mol. The van der Waals surface area contributed by atoms with Gasteiger partial charge < -0.3 is 4.57 Å². The van der Waals surface area contributed by atoms with E-state index in [1.165, 1.54) is 11.3 Å². The van der Waals surface area contributed by atoms with Crippen molar-refractivity contribution < 1.29 is 4.79 Å². The zero-order chi connectivity index (χ0) is 18.7. The molecule has 5 nitrogen and oxygen atoms in total. The van der Waals surface area contributed by atoms with Crippen LogP contribution in [-0.2, 0) is 11.3 Å². The average molecular weight is 364 g/mol. The second-order valence-electron chi connectivity index (χ2n) is 6.09. The third kappa shape index (κ3) is 3.53. The summed E-state index contributed by atoms with van der Waals surface area (Å²) in [6, 6.07) is 11.7. The van der Waals surface area contributed by atoms with Gasteiger partial charge in [0.05, 0.1) is 10.2 Å². The van der Waals surface area contributed by atoms with E-state index in [1.54, 1.807) is 6.08 Å². The second kappa shape index (κ2) is 7.54. The number of fused-ring (bicyclic) bond motifs is 1. The first-order valence-corrected chi connectivity index (χ1v) is 9.30. The molecule has 0 unspecified atom stereocenters. The summed E-state index contributed by atoms with van der Waals surface area (Å²) in [7, 11) is 0. The monoisotopic (exact) mass is 364 g/mol. The molecule has 0 radical (unpaired) electrons. The van der Waals surface area contributed by atoms with Gasteiger partial charge in [-0.15, -0.1) is 0 Å². The van der Waals surface area contributed by atoms with Crippen LogP contribution in [0.5, 0.6) is 0 Å². The Morgan fingerprint density at radius 2 is 2.15 bits per heavy atom. The van der Waals surface area contributed by atoms with Crippen LogP contribution in [0.3, 0.4) is 0 Å². The fourth-order valence-corrected chi connectivity index (χ4v) is 3.80. The Balaban J connectivity index is 1.86. The number of rotatable bonds is 5. The molecule has 0 spiro atoms. The normalized spacial score (nSPS) is 11.5. The van der Waals surface area contributed by atoms with Crippen molar-refractivity contribution in [2.24, 2.45) is 0 Å². The van der Waals surface area contributed by atoms with E-state index in [0.717, 1.165) is 40.1 Å². The molecule has 0 aliphatic rings. The Morgan fingerprint density at radius 1 is 1.38 bits per heavy atom. The number of nitriles is 1. The zero-order valence-electron chi connectivity index (χ0n) is 15.0. The van der Waals surface area contributed by atoms with Gasteiger partial charge in [-0.2, -0.15) is 5.26 Å². The topological polar surface area (TPSA) is 70.7 Å². The van der Waals surface area contributed by atoms with Gasteiger partial charge in [0.1, 0.15) is 11.6 Å². The van der Waals surface area contributed by atoms with Crippen LogP contribution < -0.4 is 5.32 Å². The molecule has 132 valence electrons. The Morgan fingerprint density at radius 3 is 2.85 bits per heavy atom. The molecule has 0 fully saturated rings. The van der Waals surface area contributed by atoms with Gasteiger partial charge in [-0.25, -0.2) is 4.98 Å². The summed E-state index contributed by atoms with van der Waals surface area (Å²) in [6.07, 6.45) is 2.68. The van der Waals surface area contributed by atoms with Gasteiger partial charge >= 0.3 is 0 Å². The summed E-state index contributed by atoms with van der Waals surface area (Å²) in [4.78, 5) is 16.9. The number of aromatic nitrogens is 2. The molecule has 0 bridgehead atoms. The number of amides is 1. The first-order valence-electron chi connectivity index (χ1n) is 8.49. The number of benzene rings is 1. The molecule has 1 aromatic carbocycles. The standard InChI is InChI=1S/C20H20N4OS/c1-4-9-24-13(2)10-15(14(24)3)11-16(12-21)19(25)23-20-22-17-7-5-6-8-18(17)26-20/h5-8,10-11H,4,9H2,1-3H3,(H,22,23,25)/b16-11+. The number of thiazole rings is 1. The fraction of sp³-hybridized carbons (Fsp3) is 0.250. The van der Waals surface area contributed by atoms with Crippen molar-refractivity contribution in [3.63, 3.8) is 0 Å². The van der Waals surface area contributed by atoms with Crippen molar-refractivity contribution in [2.75, 3.05) is 5.32 Å². The molecule has 0 atom stereocenters. The molecule has 6 heteroatoms. The molecule has 0 aliphatic heterocycles. The first-order chi connectivity index (χ1) is 12.5. The number of hydrogen-bond acceptors (Lipinski definition) is 4. The van der Waals surface area contributed by atoms with Crippen LogP contribution in [-0.4, -0.2) is 15.5 Å². The number of carbonyl (C=O) groups excluding carboxylic acids is 1. The third-order valence-corrected chi connectivity index (χ3v) is 5.19. The molecule has 0 aliphatic carbocycles. The summed E-state index contributed by atoms with van der Waals surface area (Å²) in [5.41, 5.74) is 3.98. The van der Waals surface area contributed by atoms with Crippen molar-refractivity contribution in [3.8, 4) is 6.07 Å². The lowest BCUT2D eigenvalue weighted by atomic mass is 10.1. The number of nitrogens with zero attached hydrogens (tertiary/aromatic N) is 3. The van der Waals surface area contributed by atoms with Crippen LogP contribution in [0.1, 0.15) is 30.3 Å². The first kappa shape index (κ1) is 17.9. The van der Waals surface area contributed by atoms with E-state index >= 15 is 0 Å². The molecule has 26 heavy (non-hydrogen) atoms. The summed E-state index contributed by atoms with van der Waals surface area (Å²) >= 11 is 1.39. The average Bonchev–Trinajstić information content (AvgIpc) is 3.14. The molecule has 1 amide bonds.